The lowest BCUT2D eigenvalue weighted by molar-refractivity contribution is -0.166. The molecule has 182 valence electrons. The molecule has 3 heterocycles. The van der Waals surface area contributed by atoms with Gasteiger partial charge in [0.15, 0.2) is 0 Å². The molecule has 0 atom stereocenters. The molecule has 0 unspecified atom stereocenters. The lowest BCUT2D eigenvalue weighted by atomic mass is 10.0. The zero-order chi connectivity index (χ0) is 24.7. The minimum absolute atomic E-state index is 0.224. The summed E-state index contributed by atoms with van der Waals surface area (Å²) in [6, 6.07) is 5.81. The minimum Gasteiger partial charge on any atom is -0.458 e. The Morgan fingerprint density at radius 3 is 2.59 bits per heavy atom. The van der Waals surface area contributed by atoms with Crippen LogP contribution in [0.1, 0.15) is 63.4 Å². The molecule has 1 fully saturated rings. The highest BCUT2D eigenvalue weighted by Crippen LogP contribution is 2.35. The molecule has 0 aliphatic carbocycles. The fourth-order valence-corrected chi connectivity index (χ4v) is 4.28. The highest BCUT2D eigenvalue weighted by Gasteiger charge is 2.44. The number of rotatable bonds is 5. The molecule has 9 heteroatoms. The van der Waals surface area contributed by atoms with E-state index in [2.05, 4.69) is 15.3 Å². The van der Waals surface area contributed by atoms with Crippen LogP contribution in [0.2, 0.25) is 5.02 Å². The van der Waals surface area contributed by atoms with E-state index >= 15 is 0 Å². The lowest BCUT2D eigenvalue weighted by Gasteiger charge is -2.35. The van der Waals surface area contributed by atoms with Crippen LogP contribution in [-0.2, 0) is 20.8 Å². The van der Waals surface area contributed by atoms with Gasteiger partial charge in [-0.3, -0.25) is 4.79 Å². The fourth-order valence-electron chi connectivity index (χ4n) is 4.08. The van der Waals surface area contributed by atoms with E-state index in [1.807, 2.05) is 32.9 Å². The van der Waals surface area contributed by atoms with E-state index in [0.717, 1.165) is 18.4 Å². The van der Waals surface area contributed by atoms with Crippen molar-refractivity contribution in [3.8, 4) is 11.3 Å². The maximum atomic E-state index is 13.3. The van der Waals surface area contributed by atoms with Gasteiger partial charge in [0, 0.05) is 36.9 Å². The number of fused-ring (bicyclic) bond motifs is 1. The molecule has 1 N–H and O–H groups in total. The van der Waals surface area contributed by atoms with Gasteiger partial charge < -0.3 is 19.7 Å². The van der Waals surface area contributed by atoms with Crippen molar-refractivity contribution in [1.82, 2.24) is 14.9 Å². The Labute approximate surface area is 205 Å². The van der Waals surface area contributed by atoms with Crippen LogP contribution in [0, 0.1) is 0 Å². The largest absolute Gasteiger partial charge is 0.458 e. The van der Waals surface area contributed by atoms with E-state index in [9.17, 15) is 9.59 Å². The normalized spacial score (nSPS) is 17.0. The number of ether oxygens (including phenoxy) is 2. The number of nitrogens with one attached hydrogen (secondary N) is 1. The topological polar surface area (TPSA) is 93.7 Å². The average Bonchev–Trinajstić information content (AvgIpc) is 3.11. The predicted octanol–water partition coefficient (Wildman–Crippen LogP) is 4.46. The van der Waals surface area contributed by atoms with Gasteiger partial charge in [0.2, 0.25) is 5.95 Å². The van der Waals surface area contributed by atoms with Crippen molar-refractivity contribution in [3.63, 3.8) is 0 Å². The third-order valence-corrected chi connectivity index (χ3v) is 6.34. The van der Waals surface area contributed by atoms with Gasteiger partial charge in [0.1, 0.15) is 11.1 Å². The summed E-state index contributed by atoms with van der Waals surface area (Å²) >= 11 is 6.44. The number of amides is 1. The first-order valence-electron chi connectivity index (χ1n) is 11.5. The highest BCUT2D eigenvalue weighted by atomic mass is 35.5. The summed E-state index contributed by atoms with van der Waals surface area (Å²) in [5, 5.41) is 3.75. The van der Waals surface area contributed by atoms with Crippen molar-refractivity contribution in [2.24, 2.45) is 0 Å². The van der Waals surface area contributed by atoms with Crippen molar-refractivity contribution in [2.75, 3.05) is 18.5 Å². The van der Waals surface area contributed by atoms with Crippen molar-refractivity contribution in [1.29, 1.82) is 0 Å². The summed E-state index contributed by atoms with van der Waals surface area (Å²) in [6.45, 7) is 10.6. The van der Waals surface area contributed by atoms with Gasteiger partial charge in [-0.2, -0.15) is 0 Å². The SMILES string of the molecule is CC(C)(C)OC(=O)C(C)(C)N1Cc2ccc(-c3nc(NC4CCOCC4)ncc3Cl)cc2C1=O. The Bertz CT molecular complexity index is 1110. The molecule has 0 radical (unpaired) electrons. The molecule has 0 spiro atoms. The molecule has 2 aliphatic heterocycles. The molecule has 2 aromatic rings. The molecule has 34 heavy (non-hydrogen) atoms. The van der Waals surface area contributed by atoms with E-state index in [1.165, 1.54) is 0 Å². The van der Waals surface area contributed by atoms with Gasteiger partial charge in [-0.1, -0.05) is 23.7 Å². The van der Waals surface area contributed by atoms with Crippen LogP contribution in [-0.4, -0.2) is 57.1 Å². The van der Waals surface area contributed by atoms with Crippen LogP contribution in [0.3, 0.4) is 0 Å². The highest BCUT2D eigenvalue weighted by molar-refractivity contribution is 6.33. The third-order valence-electron chi connectivity index (χ3n) is 6.06. The summed E-state index contributed by atoms with van der Waals surface area (Å²) in [7, 11) is 0. The summed E-state index contributed by atoms with van der Waals surface area (Å²) < 4.78 is 11.0. The molecule has 1 amide bonds. The lowest BCUT2D eigenvalue weighted by Crippen LogP contribution is -2.52. The number of carbonyl (C=O) groups excluding carboxylic acids is 2. The molecule has 1 aromatic heterocycles. The number of hydrogen-bond donors (Lipinski definition) is 1. The second kappa shape index (κ2) is 9.15. The molecule has 2 aliphatic rings. The zero-order valence-electron chi connectivity index (χ0n) is 20.3. The van der Waals surface area contributed by atoms with Crippen molar-refractivity contribution in [3.05, 3.63) is 40.5 Å². The summed E-state index contributed by atoms with van der Waals surface area (Å²) in [5.74, 6) is -0.173. The van der Waals surface area contributed by atoms with Crippen LogP contribution in [0.5, 0.6) is 0 Å². The Morgan fingerprint density at radius 1 is 1.21 bits per heavy atom. The van der Waals surface area contributed by atoms with E-state index < -0.39 is 17.1 Å². The van der Waals surface area contributed by atoms with Gasteiger partial charge >= 0.3 is 5.97 Å². The average molecular weight is 487 g/mol. The quantitative estimate of drug-likeness (QED) is 0.623. The van der Waals surface area contributed by atoms with Gasteiger partial charge in [-0.25, -0.2) is 14.8 Å². The predicted molar refractivity (Wildman–Crippen MR) is 130 cm³/mol. The third kappa shape index (κ3) is 5.03. The Balaban J connectivity index is 1.58. The van der Waals surface area contributed by atoms with Gasteiger partial charge in [0.25, 0.3) is 5.91 Å². The number of hydrogen-bond acceptors (Lipinski definition) is 7. The van der Waals surface area contributed by atoms with Crippen LogP contribution in [0.4, 0.5) is 5.95 Å². The van der Waals surface area contributed by atoms with Gasteiger partial charge in [-0.15, -0.1) is 0 Å². The number of carbonyl (C=O) groups is 2. The maximum absolute atomic E-state index is 13.3. The van der Waals surface area contributed by atoms with E-state index in [1.54, 1.807) is 31.0 Å². The van der Waals surface area contributed by atoms with E-state index in [0.29, 0.717) is 47.6 Å². The second-order valence-electron chi connectivity index (χ2n) is 10.2. The Morgan fingerprint density at radius 2 is 1.91 bits per heavy atom. The number of halogens is 1. The second-order valence-corrected chi connectivity index (χ2v) is 10.7. The smallest absolute Gasteiger partial charge is 0.332 e. The fraction of sp³-hybridized carbons (Fsp3) is 0.520. The number of nitrogens with zero attached hydrogens (tertiary/aromatic N) is 3. The standard InChI is InChI=1S/C25H31ClN4O4/c1-24(2,3)34-22(32)25(4,5)30-14-16-7-6-15(12-18(16)21(30)31)20-19(26)13-27-23(29-20)28-17-8-10-33-11-9-17/h6-7,12-13,17H,8-11,14H2,1-5H3,(H,27,28,29). The van der Waals surface area contributed by atoms with Crippen LogP contribution in [0.15, 0.2) is 24.4 Å². The van der Waals surface area contributed by atoms with Crippen molar-refractivity contribution < 1.29 is 19.1 Å². The summed E-state index contributed by atoms with van der Waals surface area (Å²) in [6.07, 6.45) is 3.34. The first-order valence-corrected chi connectivity index (χ1v) is 11.9. The molecule has 0 bridgehead atoms. The van der Waals surface area contributed by atoms with Crippen LogP contribution in [0.25, 0.3) is 11.3 Å². The molecule has 0 saturated carbocycles. The molecule has 4 rings (SSSR count). The molecular formula is C25H31ClN4O4. The van der Waals surface area contributed by atoms with Gasteiger partial charge in [-0.05, 0) is 59.1 Å². The minimum atomic E-state index is -1.11. The van der Waals surface area contributed by atoms with E-state index in [4.69, 9.17) is 21.1 Å². The maximum Gasteiger partial charge on any atom is 0.332 e. The molecular weight excluding hydrogens is 456 g/mol. The Hall–Kier alpha value is -2.71. The Kier molecular flexibility index (Phi) is 6.57. The number of aromatic nitrogens is 2. The van der Waals surface area contributed by atoms with Gasteiger partial charge in [0.05, 0.1) is 16.9 Å². The first-order chi connectivity index (χ1) is 16.0. The zero-order valence-corrected chi connectivity index (χ0v) is 21.0. The van der Waals surface area contributed by atoms with E-state index in [-0.39, 0.29) is 11.9 Å². The molecule has 1 aromatic carbocycles. The number of benzene rings is 1. The number of anilines is 1. The summed E-state index contributed by atoms with van der Waals surface area (Å²) in [5.41, 5.74) is 0.880. The van der Waals surface area contributed by atoms with Crippen molar-refractivity contribution >= 4 is 29.4 Å². The summed E-state index contributed by atoms with van der Waals surface area (Å²) in [4.78, 5) is 36.7. The van der Waals surface area contributed by atoms with Crippen LogP contribution >= 0.6 is 11.6 Å². The monoisotopic (exact) mass is 486 g/mol. The number of esters is 1. The molecule has 8 nitrogen and oxygen atoms in total. The molecule has 1 saturated heterocycles. The first kappa shape index (κ1) is 24.4. The van der Waals surface area contributed by atoms with Crippen molar-refractivity contribution in [2.45, 2.75) is 71.2 Å². The van der Waals surface area contributed by atoms with Crippen LogP contribution < -0.4 is 5.32 Å².